The van der Waals surface area contributed by atoms with Crippen LogP contribution in [0.2, 0.25) is 0 Å². The molecule has 1 aromatic rings. The maximum atomic E-state index is 10.3. The van der Waals surface area contributed by atoms with Crippen LogP contribution in [0, 0.1) is 5.41 Å². The maximum absolute atomic E-state index is 10.3. The highest BCUT2D eigenvalue weighted by Crippen LogP contribution is 2.39. The average molecular weight is 279 g/mol. The second kappa shape index (κ2) is 6.46. The van der Waals surface area contributed by atoms with Crippen LogP contribution in [0.15, 0.2) is 18.2 Å². The highest BCUT2D eigenvalue weighted by molar-refractivity contribution is 5.41. The van der Waals surface area contributed by atoms with E-state index in [-0.39, 0.29) is 0 Å². The van der Waals surface area contributed by atoms with Crippen molar-refractivity contribution < 1.29 is 14.6 Å². The van der Waals surface area contributed by atoms with Gasteiger partial charge in [-0.25, -0.2) is 0 Å². The molecule has 1 atom stereocenters. The van der Waals surface area contributed by atoms with Crippen LogP contribution < -0.4 is 14.8 Å². The zero-order chi connectivity index (χ0) is 14.6. The number of hydrogen-bond donors (Lipinski definition) is 2. The molecule has 0 radical (unpaired) electrons. The van der Waals surface area contributed by atoms with Crippen LogP contribution in [0.5, 0.6) is 11.5 Å². The van der Waals surface area contributed by atoms with Crippen LogP contribution in [0.3, 0.4) is 0 Å². The van der Waals surface area contributed by atoms with Crippen LogP contribution in [-0.4, -0.2) is 32.4 Å². The smallest absolute Gasteiger partial charge is 0.124 e. The van der Waals surface area contributed by atoms with Crippen LogP contribution in [0.1, 0.15) is 37.9 Å². The van der Waals surface area contributed by atoms with Crippen LogP contribution in [-0.2, 0) is 0 Å². The summed E-state index contributed by atoms with van der Waals surface area (Å²) >= 11 is 0. The van der Waals surface area contributed by atoms with Crippen molar-refractivity contribution in [3.63, 3.8) is 0 Å². The topological polar surface area (TPSA) is 50.7 Å². The van der Waals surface area contributed by atoms with E-state index in [0.717, 1.165) is 17.9 Å². The highest BCUT2D eigenvalue weighted by Gasteiger charge is 2.31. The van der Waals surface area contributed by atoms with Gasteiger partial charge < -0.3 is 19.9 Å². The molecule has 20 heavy (non-hydrogen) atoms. The van der Waals surface area contributed by atoms with Gasteiger partial charge in [-0.1, -0.05) is 13.3 Å². The molecule has 2 N–H and O–H groups in total. The summed E-state index contributed by atoms with van der Waals surface area (Å²) in [6, 6.07) is 5.48. The Kier molecular flexibility index (Phi) is 4.89. The molecule has 0 bridgehead atoms. The number of ether oxygens (including phenoxy) is 2. The summed E-state index contributed by atoms with van der Waals surface area (Å²) in [7, 11) is 3.23. The molecule has 4 heteroatoms. The Hall–Kier alpha value is -1.26. The molecule has 0 aliphatic heterocycles. The first-order chi connectivity index (χ1) is 9.58. The van der Waals surface area contributed by atoms with Crippen molar-refractivity contribution in [3.8, 4) is 11.5 Å². The summed E-state index contributed by atoms with van der Waals surface area (Å²) in [6.45, 7) is 3.78. The van der Waals surface area contributed by atoms with E-state index in [1.54, 1.807) is 14.2 Å². The van der Waals surface area contributed by atoms with Gasteiger partial charge in [-0.3, -0.25) is 0 Å². The Morgan fingerprint density at radius 1 is 1.30 bits per heavy atom. The van der Waals surface area contributed by atoms with E-state index in [2.05, 4.69) is 12.2 Å². The molecule has 1 fully saturated rings. The Balaban J connectivity index is 1.95. The van der Waals surface area contributed by atoms with Gasteiger partial charge in [0.15, 0.2) is 0 Å². The molecule has 0 heterocycles. The largest absolute Gasteiger partial charge is 0.497 e. The minimum absolute atomic E-state index is 0.415. The molecule has 1 aromatic carbocycles. The lowest BCUT2D eigenvalue weighted by atomic mass is 9.70. The van der Waals surface area contributed by atoms with Crippen molar-refractivity contribution in [2.45, 2.75) is 32.3 Å². The number of rotatable bonds is 7. The minimum atomic E-state index is -0.594. The lowest BCUT2D eigenvalue weighted by Crippen LogP contribution is -2.38. The van der Waals surface area contributed by atoms with Crippen molar-refractivity contribution in [2.24, 2.45) is 5.41 Å². The zero-order valence-corrected chi connectivity index (χ0v) is 12.6. The summed E-state index contributed by atoms with van der Waals surface area (Å²) in [6.07, 6.45) is 3.28. The van der Waals surface area contributed by atoms with Crippen LogP contribution in [0.25, 0.3) is 0 Å². The third kappa shape index (κ3) is 3.44. The Labute approximate surface area is 121 Å². The number of aliphatic hydroxyl groups is 1. The lowest BCUT2D eigenvalue weighted by Gasteiger charge is -2.38. The summed E-state index contributed by atoms with van der Waals surface area (Å²) in [5.74, 6) is 1.42. The molecule has 4 nitrogen and oxygen atoms in total. The van der Waals surface area contributed by atoms with Gasteiger partial charge in [-0.15, -0.1) is 0 Å². The minimum Gasteiger partial charge on any atom is -0.497 e. The SMILES string of the molecule is COc1ccc(OC)c(C(O)CNCC2(C)CCC2)c1. The maximum Gasteiger partial charge on any atom is 0.124 e. The van der Waals surface area contributed by atoms with Crippen LogP contribution in [0.4, 0.5) is 0 Å². The van der Waals surface area contributed by atoms with Gasteiger partial charge in [0.25, 0.3) is 0 Å². The van der Waals surface area contributed by atoms with E-state index in [4.69, 9.17) is 9.47 Å². The fraction of sp³-hybridized carbons (Fsp3) is 0.625. The van der Waals surface area contributed by atoms with Crippen molar-refractivity contribution in [2.75, 3.05) is 27.3 Å². The zero-order valence-electron chi connectivity index (χ0n) is 12.6. The number of hydrogen-bond acceptors (Lipinski definition) is 4. The molecular formula is C16H25NO3. The first kappa shape index (κ1) is 15.1. The van der Waals surface area contributed by atoms with E-state index >= 15 is 0 Å². The Bertz CT molecular complexity index is 443. The second-order valence-corrected chi connectivity index (χ2v) is 5.92. The molecule has 0 spiro atoms. The first-order valence-corrected chi connectivity index (χ1v) is 7.19. The van der Waals surface area contributed by atoms with Gasteiger partial charge in [0.1, 0.15) is 11.5 Å². The summed E-state index contributed by atoms with van der Waals surface area (Å²) in [5.41, 5.74) is 1.18. The number of nitrogens with one attached hydrogen (secondary N) is 1. The molecule has 0 saturated heterocycles. The van der Waals surface area contributed by atoms with Gasteiger partial charge in [0.05, 0.1) is 20.3 Å². The monoisotopic (exact) mass is 279 g/mol. The fourth-order valence-electron chi connectivity index (χ4n) is 2.68. The highest BCUT2D eigenvalue weighted by atomic mass is 16.5. The quantitative estimate of drug-likeness (QED) is 0.805. The summed E-state index contributed by atoms with van der Waals surface area (Å²) in [5, 5.41) is 13.7. The molecule has 1 saturated carbocycles. The summed E-state index contributed by atoms with van der Waals surface area (Å²) < 4.78 is 10.5. The van der Waals surface area contributed by atoms with Gasteiger partial charge in [0.2, 0.25) is 0 Å². The van der Waals surface area contributed by atoms with Crippen LogP contribution >= 0.6 is 0 Å². The molecule has 112 valence electrons. The molecule has 1 aliphatic rings. The first-order valence-electron chi connectivity index (χ1n) is 7.19. The van der Waals surface area contributed by atoms with Crippen molar-refractivity contribution in [3.05, 3.63) is 23.8 Å². The standard InChI is InChI=1S/C16H25NO3/c1-16(7-4-8-16)11-17-10-14(18)13-9-12(19-2)5-6-15(13)20-3/h5-6,9,14,17-18H,4,7-8,10-11H2,1-3H3. The van der Waals surface area contributed by atoms with Gasteiger partial charge in [-0.2, -0.15) is 0 Å². The van der Waals surface area contributed by atoms with Gasteiger partial charge >= 0.3 is 0 Å². The third-order valence-corrected chi connectivity index (χ3v) is 4.25. The van der Waals surface area contributed by atoms with Crippen molar-refractivity contribution in [1.82, 2.24) is 5.32 Å². The molecule has 0 amide bonds. The Morgan fingerprint density at radius 2 is 2.05 bits per heavy atom. The number of benzene rings is 1. The third-order valence-electron chi connectivity index (χ3n) is 4.25. The van der Waals surface area contributed by atoms with Crippen molar-refractivity contribution >= 4 is 0 Å². The lowest BCUT2D eigenvalue weighted by molar-refractivity contribution is 0.131. The number of methoxy groups -OCH3 is 2. The Morgan fingerprint density at radius 3 is 2.60 bits per heavy atom. The molecule has 2 rings (SSSR count). The van der Waals surface area contributed by atoms with E-state index in [0.29, 0.717) is 17.7 Å². The van der Waals surface area contributed by atoms with Gasteiger partial charge in [0, 0.05) is 18.7 Å². The normalized spacial score (nSPS) is 18.2. The summed E-state index contributed by atoms with van der Waals surface area (Å²) in [4.78, 5) is 0. The van der Waals surface area contributed by atoms with E-state index in [1.165, 1.54) is 19.3 Å². The van der Waals surface area contributed by atoms with Gasteiger partial charge in [-0.05, 0) is 36.5 Å². The second-order valence-electron chi connectivity index (χ2n) is 5.92. The van der Waals surface area contributed by atoms with Crippen molar-refractivity contribution in [1.29, 1.82) is 0 Å². The molecule has 1 unspecified atom stereocenters. The molecule has 0 aromatic heterocycles. The number of aliphatic hydroxyl groups excluding tert-OH is 1. The van der Waals surface area contributed by atoms with E-state index in [9.17, 15) is 5.11 Å². The van der Waals surface area contributed by atoms with E-state index < -0.39 is 6.10 Å². The molecule has 1 aliphatic carbocycles. The predicted molar refractivity (Wildman–Crippen MR) is 79.3 cm³/mol. The molecular weight excluding hydrogens is 254 g/mol. The fourth-order valence-corrected chi connectivity index (χ4v) is 2.68. The predicted octanol–water partition coefficient (Wildman–Crippen LogP) is 2.52. The van der Waals surface area contributed by atoms with E-state index in [1.807, 2.05) is 18.2 Å². The average Bonchev–Trinajstić information content (AvgIpc) is 2.44.